The van der Waals surface area contributed by atoms with E-state index in [0.717, 1.165) is 0 Å². The highest BCUT2D eigenvalue weighted by atomic mass is 16.6. The van der Waals surface area contributed by atoms with Gasteiger partial charge < -0.3 is 19.7 Å². The molecule has 0 radical (unpaired) electrons. The maximum atomic E-state index is 11.0. The van der Waals surface area contributed by atoms with Crippen LogP contribution < -0.4 is 5.32 Å². The van der Waals surface area contributed by atoms with Gasteiger partial charge in [-0.25, -0.2) is 9.59 Å². The monoisotopic (exact) mass is 202 g/mol. The van der Waals surface area contributed by atoms with Crippen molar-refractivity contribution in [1.82, 2.24) is 10.2 Å². The quantitative estimate of drug-likeness (QED) is 0.660. The van der Waals surface area contributed by atoms with Crippen molar-refractivity contribution < 1.29 is 19.1 Å². The molecule has 1 N–H and O–H groups in total. The van der Waals surface area contributed by atoms with Gasteiger partial charge >= 0.3 is 12.2 Å². The molecule has 0 aliphatic carbocycles. The van der Waals surface area contributed by atoms with Crippen LogP contribution in [0.1, 0.15) is 6.42 Å². The Morgan fingerprint density at radius 2 is 2.50 bits per heavy atom. The molecule has 2 amide bonds. The van der Waals surface area contributed by atoms with Gasteiger partial charge in [0, 0.05) is 13.1 Å². The number of hydrogen-bond acceptors (Lipinski definition) is 4. The first-order valence-electron chi connectivity index (χ1n) is 4.47. The summed E-state index contributed by atoms with van der Waals surface area (Å²) < 4.78 is 9.13. The lowest BCUT2D eigenvalue weighted by Gasteiger charge is -2.11. The molecule has 1 fully saturated rings. The third-order valence-corrected chi connectivity index (χ3v) is 1.90. The molecule has 14 heavy (non-hydrogen) atoms. The van der Waals surface area contributed by atoms with E-state index in [-0.39, 0.29) is 6.09 Å². The number of cyclic esters (lactones) is 1. The summed E-state index contributed by atoms with van der Waals surface area (Å²) in [5.41, 5.74) is 0. The predicted molar refractivity (Wildman–Crippen MR) is 47.9 cm³/mol. The predicted octanol–water partition coefficient (Wildman–Crippen LogP) is 0.185. The van der Waals surface area contributed by atoms with Gasteiger partial charge in [0.25, 0.3) is 0 Å². The number of alkyl carbamates (subject to hydrolysis) is 1. The topological polar surface area (TPSA) is 67.9 Å². The van der Waals surface area contributed by atoms with E-state index in [4.69, 9.17) is 4.74 Å². The van der Waals surface area contributed by atoms with Crippen LogP contribution in [0.2, 0.25) is 0 Å². The maximum absolute atomic E-state index is 11.0. The van der Waals surface area contributed by atoms with Gasteiger partial charge in [-0.2, -0.15) is 0 Å². The molecule has 0 aromatic carbocycles. The minimum Gasteiger partial charge on any atom is -0.453 e. The molecule has 6 heteroatoms. The van der Waals surface area contributed by atoms with E-state index in [1.54, 1.807) is 4.90 Å². The van der Waals surface area contributed by atoms with Crippen LogP contribution in [0.5, 0.6) is 0 Å². The summed E-state index contributed by atoms with van der Waals surface area (Å²) >= 11 is 0. The fourth-order valence-electron chi connectivity index (χ4n) is 1.16. The number of nitrogens with zero attached hydrogens (tertiary/aromatic N) is 1. The zero-order valence-corrected chi connectivity index (χ0v) is 8.12. The van der Waals surface area contributed by atoms with Crippen LogP contribution in [0.25, 0.3) is 0 Å². The first kappa shape index (κ1) is 10.6. The lowest BCUT2D eigenvalue weighted by molar-refractivity contribution is 0.157. The molecule has 1 saturated heterocycles. The molecule has 1 aliphatic rings. The zero-order chi connectivity index (χ0) is 10.4. The Hall–Kier alpha value is -1.46. The Labute approximate surface area is 82.1 Å². The van der Waals surface area contributed by atoms with Crippen LogP contribution in [-0.4, -0.2) is 50.4 Å². The van der Waals surface area contributed by atoms with Crippen molar-refractivity contribution in [3.05, 3.63) is 0 Å². The number of amides is 2. The molecule has 6 nitrogen and oxygen atoms in total. The second kappa shape index (κ2) is 5.31. The average molecular weight is 202 g/mol. The Kier molecular flexibility index (Phi) is 4.03. The second-order valence-electron chi connectivity index (χ2n) is 2.87. The molecular weight excluding hydrogens is 188 g/mol. The van der Waals surface area contributed by atoms with E-state index < -0.39 is 6.09 Å². The number of rotatable bonds is 4. The fourth-order valence-corrected chi connectivity index (χ4v) is 1.16. The number of nitrogens with one attached hydrogen (secondary N) is 1. The summed E-state index contributed by atoms with van der Waals surface area (Å²) in [6.45, 7) is 2.19. The largest absolute Gasteiger partial charge is 0.453 e. The normalized spacial score (nSPS) is 15.2. The molecule has 0 unspecified atom stereocenters. The molecule has 0 aromatic heterocycles. The van der Waals surface area contributed by atoms with Crippen molar-refractivity contribution in [1.29, 1.82) is 0 Å². The summed E-state index contributed by atoms with van der Waals surface area (Å²) in [5.74, 6) is 0. The number of carbonyl (C=O) groups is 2. The highest BCUT2D eigenvalue weighted by molar-refractivity contribution is 5.69. The first-order valence-corrected chi connectivity index (χ1v) is 4.47. The minimum absolute atomic E-state index is 0.275. The van der Waals surface area contributed by atoms with Gasteiger partial charge in [-0.3, -0.25) is 0 Å². The molecular formula is C8H14N2O4. The van der Waals surface area contributed by atoms with Gasteiger partial charge in [-0.1, -0.05) is 0 Å². The zero-order valence-electron chi connectivity index (χ0n) is 8.12. The fraction of sp³-hybridized carbons (Fsp3) is 0.750. The van der Waals surface area contributed by atoms with Gasteiger partial charge in [0.1, 0.15) is 6.61 Å². The van der Waals surface area contributed by atoms with Crippen molar-refractivity contribution in [2.45, 2.75) is 6.42 Å². The third-order valence-electron chi connectivity index (χ3n) is 1.90. The molecule has 0 saturated carbocycles. The lowest BCUT2D eigenvalue weighted by Crippen LogP contribution is -2.30. The third kappa shape index (κ3) is 3.12. The molecule has 1 heterocycles. The standard InChI is InChI=1S/C8H14N2O4/c1-13-7(11)9-3-2-4-10-5-6-14-8(10)12/h2-6H2,1H3,(H,9,11). The van der Waals surface area contributed by atoms with Crippen LogP contribution in [0.15, 0.2) is 0 Å². The van der Waals surface area contributed by atoms with Crippen molar-refractivity contribution in [3.63, 3.8) is 0 Å². The molecule has 0 aromatic rings. The van der Waals surface area contributed by atoms with Crippen LogP contribution in [0.4, 0.5) is 9.59 Å². The van der Waals surface area contributed by atoms with E-state index in [2.05, 4.69) is 10.1 Å². The number of methoxy groups -OCH3 is 1. The summed E-state index contributed by atoms with van der Waals surface area (Å²) in [7, 11) is 1.31. The van der Waals surface area contributed by atoms with E-state index >= 15 is 0 Å². The van der Waals surface area contributed by atoms with Crippen molar-refractivity contribution in [2.24, 2.45) is 0 Å². The first-order chi connectivity index (χ1) is 6.74. The van der Waals surface area contributed by atoms with Crippen molar-refractivity contribution >= 4 is 12.2 Å². The maximum Gasteiger partial charge on any atom is 0.409 e. The summed E-state index contributed by atoms with van der Waals surface area (Å²) in [4.78, 5) is 23.2. The Bertz CT molecular complexity index is 219. The number of hydrogen-bond donors (Lipinski definition) is 1. The highest BCUT2D eigenvalue weighted by Gasteiger charge is 2.20. The van der Waals surface area contributed by atoms with Gasteiger partial charge in [0.05, 0.1) is 13.7 Å². The Morgan fingerprint density at radius 3 is 3.07 bits per heavy atom. The molecule has 0 spiro atoms. The molecule has 1 aliphatic heterocycles. The van der Waals surface area contributed by atoms with E-state index in [1.165, 1.54) is 7.11 Å². The van der Waals surface area contributed by atoms with E-state index in [0.29, 0.717) is 32.7 Å². The minimum atomic E-state index is -0.450. The summed E-state index contributed by atoms with van der Waals surface area (Å²) in [5, 5.41) is 2.53. The molecule has 0 bridgehead atoms. The highest BCUT2D eigenvalue weighted by Crippen LogP contribution is 2.02. The smallest absolute Gasteiger partial charge is 0.409 e. The van der Waals surface area contributed by atoms with Crippen LogP contribution in [0.3, 0.4) is 0 Å². The van der Waals surface area contributed by atoms with Crippen LogP contribution in [0, 0.1) is 0 Å². The second-order valence-corrected chi connectivity index (χ2v) is 2.87. The number of ether oxygens (including phenoxy) is 2. The van der Waals surface area contributed by atoms with Gasteiger partial charge in [-0.15, -0.1) is 0 Å². The molecule has 1 rings (SSSR count). The average Bonchev–Trinajstić information content (AvgIpc) is 2.58. The van der Waals surface area contributed by atoms with Crippen LogP contribution >= 0.6 is 0 Å². The molecule has 80 valence electrons. The molecule has 0 atom stereocenters. The Balaban J connectivity index is 2.03. The van der Waals surface area contributed by atoms with Gasteiger partial charge in [0.2, 0.25) is 0 Å². The lowest BCUT2D eigenvalue weighted by atomic mass is 10.4. The van der Waals surface area contributed by atoms with Crippen LogP contribution in [-0.2, 0) is 9.47 Å². The summed E-state index contributed by atoms with van der Waals surface area (Å²) in [6, 6.07) is 0. The van der Waals surface area contributed by atoms with Gasteiger partial charge in [-0.05, 0) is 6.42 Å². The van der Waals surface area contributed by atoms with Gasteiger partial charge in [0.15, 0.2) is 0 Å². The van der Waals surface area contributed by atoms with E-state index in [1.807, 2.05) is 0 Å². The SMILES string of the molecule is COC(=O)NCCCN1CCOC1=O. The van der Waals surface area contributed by atoms with Crippen molar-refractivity contribution in [3.8, 4) is 0 Å². The summed E-state index contributed by atoms with van der Waals surface area (Å²) in [6.07, 6.45) is -0.0263. The Morgan fingerprint density at radius 1 is 1.71 bits per heavy atom. The van der Waals surface area contributed by atoms with E-state index in [9.17, 15) is 9.59 Å². The number of carbonyl (C=O) groups excluding carboxylic acids is 2. The van der Waals surface area contributed by atoms with Crippen molar-refractivity contribution in [2.75, 3.05) is 33.4 Å².